The minimum atomic E-state index is 0.521. The molecule has 0 saturated carbocycles. The molecule has 0 radical (unpaired) electrons. The first kappa shape index (κ1) is 16.7. The second kappa shape index (κ2) is 6.94. The van der Waals surface area contributed by atoms with Crippen molar-refractivity contribution in [2.75, 3.05) is 0 Å². The lowest BCUT2D eigenvalue weighted by atomic mass is 9.97. The van der Waals surface area contributed by atoms with E-state index in [-0.39, 0.29) is 0 Å². The van der Waals surface area contributed by atoms with E-state index in [4.69, 9.17) is 14.7 Å². The van der Waals surface area contributed by atoms with Crippen molar-refractivity contribution < 1.29 is 4.74 Å². The highest BCUT2D eigenvalue weighted by molar-refractivity contribution is 9.10. The Morgan fingerprint density at radius 3 is 2.78 bits per heavy atom. The predicted molar refractivity (Wildman–Crippen MR) is 107 cm³/mol. The number of aromatic nitrogens is 5. The van der Waals surface area contributed by atoms with Gasteiger partial charge < -0.3 is 4.74 Å². The van der Waals surface area contributed by atoms with Gasteiger partial charge in [-0.25, -0.2) is 9.97 Å². The van der Waals surface area contributed by atoms with Gasteiger partial charge in [-0.1, -0.05) is 0 Å². The monoisotopic (exact) mass is 439 g/mol. The number of hydrogen-bond acceptors (Lipinski definition) is 7. The van der Waals surface area contributed by atoms with Gasteiger partial charge in [0, 0.05) is 27.9 Å². The Labute approximate surface area is 167 Å². The lowest BCUT2D eigenvalue weighted by Gasteiger charge is -2.12. The van der Waals surface area contributed by atoms with Crippen molar-refractivity contribution >= 4 is 37.5 Å². The number of rotatable bonds is 3. The molecule has 134 valence electrons. The number of aryl methyl sites for hydroxylation is 2. The summed E-state index contributed by atoms with van der Waals surface area (Å²) in [6.45, 7) is 0. The summed E-state index contributed by atoms with van der Waals surface area (Å²) in [6.07, 6.45) is 12.9. The highest BCUT2D eigenvalue weighted by atomic mass is 79.9. The molecule has 4 aromatic rings. The second-order valence-corrected chi connectivity index (χ2v) is 8.27. The Hall–Kier alpha value is -2.45. The minimum absolute atomic E-state index is 0.521. The molecule has 0 aromatic carbocycles. The summed E-state index contributed by atoms with van der Waals surface area (Å²) in [5.74, 6) is 1.71. The molecule has 0 N–H and O–H groups in total. The largest absolute Gasteiger partial charge is 0.437 e. The molecule has 6 nitrogen and oxygen atoms in total. The van der Waals surface area contributed by atoms with Crippen molar-refractivity contribution in [3.05, 3.63) is 52.0 Å². The smallest absolute Gasteiger partial charge is 0.232 e. The van der Waals surface area contributed by atoms with Gasteiger partial charge in [-0.05, 0) is 53.2 Å². The first-order valence-electron chi connectivity index (χ1n) is 8.65. The van der Waals surface area contributed by atoms with Crippen LogP contribution in [0.25, 0.3) is 21.7 Å². The number of ether oxygens (including phenoxy) is 1. The third-order valence-electron chi connectivity index (χ3n) is 4.47. The molecule has 0 saturated heterocycles. The summed E-state index contributed by atoms with van der Waals surface area (Å²) in [4.78, 5) is 24.5. The molecule has 1 aliphatic rings. The summed E-state index contributed by atoms with van der Waals surface area (Å²) >= 11 is 5.17. The van der Waals surface area contributed by atoms with Crippen LogP contribution >= 0.6 is 27.3 Å². The number of thiophene rings is 1. The lowest BCUT2D eigenvalue weighted by molar-refractivity contribution is 0.466. The van der Waals surface area contributed by atoms with Crippen LogP contribution in [0.3, 0.4) is 0 Å². The van der Waals surface area contributed by atoms with Crippen molar-refractivity contribution in [3.8, 4) is 23.1 Å². The molecule has 1 aliphatic carbocycles. The zero-order valence-corrected chi connectivity index (χ0v) is 16.6. The Bertz CT molecular complexity index is 1130. The number of halogens is 1. The maximum atomic E-state index is 6.17. The topological polar surface area (TPSA) is 73.7 Å². The summed E-state index contributed by atoms with van der Waals surface area (Å²) in [5.41, 5.74) is 1.95. The summed E-state index contributed by atoms with van der Waals surface area (Å²) in [5, 5.41) is 1.02. The van der Waals surface area contributed by atoms with E-state index in [1.165, 1.54) is 23.3 Å². The fourth-order valence-corrected chi connectivity index (χ4v) is 4.88. The Morgan fingerprint density at radius 2 is 1.93 bits per heavy atom. The molecular weight excluding hydrogens is 426 g/mol. The van der Waals surface area contributed by atoms with Crippen molar-refractivity contribution in [1.82, 2.24) is 24.9 Å². The highest BCUT2D eigenvalue weighted by Gasteiger charge is 2.23. The number of fused-ring (bicyclic) bond motifs is 3. The van der Waals surface area contributed by atoms with Gasteiger partial charge in [-0.3, -0.25) is 9.97 Å². The zero-order chi connectivity index (χ0) is 18.2. The van der Waals surface area contributed by atoms with E-state index in [0.29, 0.717) is 23.1 Å². The summed E-state index contributed by atoms with van der Waals surface area (Å²) in [6, 6.07) is 1.88. The molecule has 0 atom stereocenters. The van der Waals surface area contributed by atoms with E-state index >= 15 is 0 Å². The molecule has 4 heterocycles. The average molecular weight is 440 g/mol. The molecule has 0 bridgehead atoms. The van der Waals surface area contributed by atoms with Crippen LogP contribution in [0.2, 0.25) is 0 Å². The van der Waals surface area contributed by atoms with E-state index in [1.54, 1.807) is 42.3 Å². The highest BCUT2D eigenvalue weighted by Crippen LogP contribution is 2.41. The molecule has 0 amide bonds. The maximum absolute atomic E-state index is 6.17. The van der Waals surface area contributed by atoms with Gasteiger partial charge in [0.2, 0.25) is 5.88 Å². The third-order valence-corrected chi connectivity index (χ3v) is 6.09. The van der Waals surface area contributed by atoms with Gasteiger partial charge in [0.25, 0.3) is 0 Å². The van der Waals surface area contributed by atoms with E-state index < -0.39 is 0 Å². The number of hydrogen-bond donors (Lipinski definition) is 0. The quantitative estimate of drug-likeness (QED) is 0.448. The zero-order valence-electron chi connectivity index (χ0n) is 14.2. The van der Waals surface area contributed by atoms with Crippen LogP contribution < -0.4 is 4.74 Å². The van der Waals surface area contributed by atoms with Crippen molar-refractivity contribution in [2.45, 2.75) is 25.7 Å². The van der Waals surface area contributed by atoms with Crippen LogP contribution in [0.15, 0.2) is 41.5 Å². The summed E-state index contributed by atoms with van der Waals surface area (Å²) in [7, 11) is 0. The molecule has 8 heteroatoms. The maximum Gasteiger partial charge on any atom is 0.232 e. The lowest BCUT2D eigenvalue weighted by Crippen LogP contribution is -2.01. The molecule has 0 aliphatic heterocycles. The minimum Gasteiger partial charge on any atom is -0.437 e. The molecule has 0 spiro atoms. The van der Waals surface area contributed by atoms with Gasteiger partial charge >= 0.3 is 0 Å². The van der Waals surface area contributed by atoms with Gasteiger partial charge in [0.05, 0.1) is 17.8 Å². The third kappa shape index (κ3) is 3.19. The van der Waals surface area contributed by atoms with Crippen LogP contribution in [-0.2, 0) is 12.8 Å². The molecule has 27 heavy (non-hydrogen) atoms. The molecule has 4 aromatic heterocycles. The van der Waals surface area contributed by atoms with Crippen LogP contribution in [0.1, 0.15) is 23.3 Å². The molecular formula is C19H14BrN5OS. The SMILES string of the molecule is Brc1cncc(Oc2nc(-c3cnccn3)nc3sc4c(c23)CCCC4)c1. The van der Waals surface area contributed by atoms with Crippen molar-refractivity contribution in [1.29, 1.82) is 0 Å². The van der Waals surface area contributed by atoms with Crippen LogP contribution in [0, 0.1) is 0 Å². The van der Waals surface area contributed by atoms with Crippen LogP contribution in [0.5, 0.6) is 11.6 Å². The summed E-state index contributed by atoms with van der Waals surface area (Å²) < 4.78 is 7.03. The molecule has 0 fully saturated rings. The van der Waals surface area contributed by atoms with E-state index in [1.807, 2.05) is 6.07 Å². The van der Waals surface area contributed by atoms with Crippen molar-refractivity contribution in [2.24, 2.45) is 0 Å². The first-order valence-corrected chi connectivity index (χ1v) is 10.3. The second-order valence-electron chi connectivity index (χ2n) is 6.27. The number of nitrogens with zero attached hydrogens (tertiary/aromatic N) is 5. The normalized spacial score (nSPS) is 13.5. The van der Waals surface area contributed by atoms with Crippen LogP contribution in [0.4, 0.5) is 0 Å². The first-order chi connectivity index (χ1) is 13.3. The van der Waals surface area contributed by atoms with E-state index in [9.17, 15) is 0 Å². The van der Waals surface area contributed by atoms with Crippen molar-refractivity contribution in [3.63, 3.8) is 0 Å². The molecule has 0 unspecified atom stereocenters. The fraction of sp³-hybridized carbons (Fsp3) is 0.211. The Morgan fingerprint density at radius 1 is 1.00 bits per heavy atom. The number of pyridine rings is 1. The Kier molecular flexibility index (Phi) is 4.29. The van der Waals surface area contributed by atoms with Gasteiger partial charge in [-0.2, -0.15) is 4.98 Å². The predicted octanol–water partition coefficient (Wildman–Crippen LogP) is 4.98. The van der Waals surface area contributed by atoms with Gasteiger partial charge in [0.15, 0.2) is 5.82 Å². The van der Waals surface area contributed by atoms with Gasteiger partial charge in [0.1, 0.15) is 16.3 Å². The van der Waals surface area contributed by atoms with Gasteiger partial charge in [-0.15, -0.1) is 11.3 Å². The standard InChI is InChI=1S/C19H14BrN5OS/c20-11-7-12(9-22-8-11)26-18-16-13-3-1-2-4-15(13)27-19(16)25-17(24-18)14-10-21-5-6-23-14/h5-10H,1-4H2. The fourth-order valence-electron chi connectivity index (χ4n) is 3.29. The molecule has 5 rings (SSSR count). The van der Waals surface area contributed by atoms with E-state index in [0.717, 1.165) is 27.5 Å². The van der Waals surface area contributed by atoms with E-state index in [2.05, 4.69) is 30.9 Å². The average Bonchev–Trinajstić information content (AvgIpc) is 3.07. The Balaban J connectivity index is 1.71. The van der Waals surface area contributed by atoms with Crippen LogP contribution in [-0.4, -0.2) is 24.9 Å².